The molecule has 3 N–H and O–H groups in total. The number of carbonyl (C=O) groups is 4. The van der Waals surface area contributed by atoms with E-state index in [-0.39, 0.29) is 23.6 Å². The van der Waals surface area contributed by atoms with Gasteiger partial charge in [-0.05, 0) is 57.8 Å². The Morgan fingerprint density at radius 1 is 1.11 bits per heavy atom. The third kappa shape index (κ3) is 6.86. The zero-order valence-electron chi connectivity index (χ0n) is 21.6. The number of thiazole rings is 1. The average molecular weight is 562 g/mol. The normalized spacial score (nSPS) is 21.5. The molecular formula is C25H32ClN7O4S. The van der Waals surface area contributed by atoms with E-state index in [2.05, 4.69) is 30.8 Å². The molecule has 0 unspecified atom stereocenters. The highest BCUT2D eigenvalue weighted by Gasteiger charge is 2.37. The van der Waals surface area contributed by atoms with Crippen LogP contribution in [0.15, 0.2) is 18.3 Å². The summed E-state index contributed by atoms with van der Waals surface area (Å²) in [7, 11) is 5.43. The van der Waals surface area contributed by atoms with Crippen LogP contribution < -0.4 is 16.0 Å². The van der Waals surface area contributed by atoms with E-state index in [0.29, 0.717) is 29.3 Å². The number of aryl methyl sites for hydroxylation is 1. The number of pyridine rings is 1. The fourth-order valence-electron chi connectivity index (χ4n) is 4.82. The van der Waals surface area contributed by atoms with Crippen molar-refractivity contribution < 1.29 is 19.2 Å². The lowest BCUT2D eigenvalue weighted by Crippen LogP contribution is -2.57. The number of hydrogen-bond donors (Lipinski definition) is 3. The summed E-state index contributed by atoms with van der Waals surface area (Å²) in [4.78, 5) is 64.6. The second-order valence-electron chi connectivity index (χ2n) is 9.95. The largest absolute Gasteiger partial charge is 0.349 e. The minimum Gasteiger partial charge on any atom is -0.349 e. The Morgan fingerprint density at radius 2 is 1.89 bits per heavy atom. The van der Waals surface area contributed by atoms with Gasteiger partial charge in [0.25, 0.3) is 5.91 Å². The van der Waals surface area contributed by atoms with Crippen LogP contribution in [0.1, 0.15) is 46.1 Å². The van der Waals surface area contributed by atoms with Crippen LogP contribution in [0.2, 0.25) is 5.02 Å². The highest BCUT2D eigenvalue weighted by Crippen LogP contribution is 2.28. The van der Waals surface area contributed by atoms with Gasteiger partial charge in [-0.2, -0.15) is 0 Å². The number of rotatable bonds is 5. The summed E-state index contributed by atoms with van der Waals surface area (Å²) >= 11 is 7.19. The van der Waals surface area contributed by atoms with Crippen molar-refractivity contribution in [2.75, 3.05) is 33.0 Å². The van der Waals surface area contributed by atoms with Gasteiger partial charge in [-0.3, -0.25) is 19.2 Å². The zero-order valence-corrected chi connectivity index (χ0v) is 23.2. The number of carbonyl (C=O) groups excluding carboxylic acids is 4. The Balaban J connectivity index is 1.46. The molecule has 2 aromatic heterocycles. The number of hydrogen-bond acceptors (Lipinski definition) is 8. The van der Waals surface area contributed by atoms with Crippen LogP contribution in [0.5, 0.6) is 0 Å². The fraction of sp³-hybridized carbons (Fsp3) is 0.520. The zero-order chi connectivity index (χ0) is 27.4. The first-order valence-electron chi connectivity index (χ1n) is 12.5. The molecule has 3 atom stereocenters. The van der Waals surface area contributed by atoms with E-state index in [0.717, 1.165) is 36.5 Å². The van der Waals surface area contributed by atoms with Crippen molar-refractivity contribution in [3.63, 3.8) is 0 Å². The van der Waals surface area contributed by atoms with E-state index >= 15 is 0 Å². The fourth-order valence-corrected chi connectivity index (χ4v) is 6.02. The van der Waals surface area contributed by atoms with Crippen LogP contribution in [0.25, 0.3) is 0 Å². The lowest BCUT2D eigenvalue weighted by atomic mass is 9.81. The van der Waals surface area contributed by atoms with Crippen LogP contribution in [0.3, 0.4) is 0 Å². The number of nitrogens with one attached hydrogen (secondary N) is 3. The maximum atomic E-state index is 13.3. The molecule has 204 valence electrons. The van der Waals surface area contributed by atoms with Gasteiger partial charge in [0.15, 0.2) is 5.01 Å². The van der Waals surface area contributed by atoms with Gasteiger partial charge in [-0.1, -0.05) is 11.6 Å². The molecule has 0 spiro atoms. The molecule has 1 aliphatic carbocycles. The molecule has 0 radical (unpaired) electrons. The van der Waals surface area contributed by atoms with Gasteiger partial charge in [-0.25, -0.2) is 9.97 Å². The Hall–Kier alpha value is -3.09. The topological polar surface area (TPSA) is 137 Å². The molecule has 4 amide bonds. The maximum absolute atomic E-state index is 13.3. The summed E-state index contributed by atoms with van der Waals surface area (Å²) < 4.78 is 0. The van der Waals surface area contributed by atoms with Crippen molar-refractivity contribution in [2.24, 2.45) is 5.92 Å². The molecule has 2 aromatic rings. The number of amides is 4. The molecule has 2 aliphatic rings. The highest BCUT2D eigenvalue weighted by molar-refractivity contribution is 7.13. The van der Waals surface area contributed by atoms with Gasteiger partial charge in [0.05, 0.1) is 16.8 Å². The van der Waals surface area contributed by atoms with Crippen molar-refractivity contribution in [2.45, 2.75) is 50.7 Å². The Morgan fingerprint density at radius 3 is 2.61 bits per heavy atom. The second-order valence-corrected chi connectivity index (χ2v) is 11.5. The highest BCUT2D eigenvalue weighted by atomic mass is 35.5. The molecular weight excluding hydrogens is 530 g/mol. The maximum Gasteiger partial charge on any atom is 0.314 e. The van der Waals surface area contributed by atoms with Crippen molar-refractivity contribution in [1.29, 1.82) is 0 Å². The predicted octanol–water partition coefficient (Wildman–Crippen LogP) is 1.68. The first-order valence-corrected chi connectivity index (χ1v) is 13.7. The summed E-state index contributed by atoms with van der Waals surface area (Å²) in [5.41, 5.74) is 0.950. The van der Waals surface area contributed by atoms with Crippen molar-refractivity contribution in [3.05, 3.63) is 38.9 Å². The van der Waals surface area contributed by atoms with Crippen LogP contribution >= 0.6 is 22.9 Å². The number of halogens is 1. The van der Waals surface area contributed by atoms with Crippen molar-refractivity contribution >= 4 is 52.4 Å². The molecule has 1 saturated carbocycles. The van der Waals surface area contributed by atoms with Crippen LogP contribution in [-0.2, 0) is 27.3 Å². The first kappa shape index (κ1) is 27.9. The van der Waals surface area contributed by atoms with E-state index in [4.69, 9.17) is 11.6 Å². The lowest BCUT2D eigenvalue weighted by molar-refractivity contribution is -0.137. The Bertz CT molecular complexity index is 1200. The molecule has 1 fully saturated rings. The summed E-state index contributed by atoms with van der Waals surface area (Å²) in [5, 5.41) is 8.94. The first-order chi connectivity index (χ1) is 18.1. The molecule has 0 aromatic carbocycles. The molecule has 3 heterocycles. The number of aromatic nitrogens is 2. The van der Waals surface area contributed by atoms with Crippen molar-refractivity contribution in [1.82, 2.24) is 30.4 Å². The van der Waals surface area contributed by atoms with E-state index in [1.165, 1.54) is 28.5 Å². The van der Waals surface area contributed by atoms with Gasteiger partial charge >= 0.3 is 11.8 Å². The van der Waals surface area contributed by atoms with Crippen LogP contribution in [-0.4, -0.2) is 83.2 Å². The molecule has 11 nitrogen and oxygen atoms in total. The van der Waals surface area contributed by atoms with Crippen LogP contribution in [0.4, 0.5) is 5.82 Å². The third-order valence-corrected chi connectivity index (χ3v) is 8.09. The SMILES string of the molecule is CN1CCCc2nc(C(=O)N[C@@H]3C[C@@H](C(=O)N(C)C)CC[C@@H]3NC(=O)C(=O)Nc3ccc(Cl)cn3)sc2C1. The van der Waals surface area contributed by atoms with Gasteiger partial charge in [0.2, 0.25) is 5.91 Å². The molecule has 1 aliphatic heterocycles. The molecule has 0 saturated heterocycles. The van der Waals surface area contributed by atoms with Gasteiger partial charge in [-0.15, -0.1) is 11.3 Å². The predicted molar refractivity (Wildman–Crippen MR) is 144 cm³/mol. The third-order valence-electron chi connectivity index (χ3n) is 6.79. The molecule has 38 heavy (non-hydrogen) atoms. The summed E-state index contributed by atoms with van der Waals surface area (Å²) in [6.45, 7) is 1.73. The minimum atomic E-state index is -0.885. The van der Waals surface area contributed by atoms with E-state index in [1.54, 1.807) is 20.2 Å². The number of nitrogens with zero attached hydrogens (tertiary/aromatic N) is 4. The number of fused-ring (bicyclic) bond motifs is 1. The van der Waals surface area contributed by atoms with E-state index in [1.807, 2.05) is 7.05 Å². The monoisotopic (exact) mass is 561 g/mol. The van der Waals surface area contributed by atoms with Crippen molar-refractivity contribution in [3.8, 4) is 0 Å². The lowest BCUT2D eigenvalue weighted by Gasteiger charge is -2.37. The van der Waals surface area contributed by atoms with Gasteiger partial charge < -0.3 is 25.8 Å². The van der Waals surface area contributed by atoms with E-state index < -0.39 is 23.9 Å². The molecule has 13 heteroatoms. The standard InChI is InChI=1S/C25H32ClN7O4S/c1-32(2)25(37)14-6-8-16(28-21(34)22(35)31-20-9-7-15(26)12-27-20)18(11-14)29-23(36)24-30-17-5-4-10-33(3)13-19(17)38-24/h7,9,12,14,16,18H,4-6,8,10-11,13H2,1-3H3,(H,28,34)(H,29,36)(H,27,31,35)/t14-,16-,18+/m0/s1. The summed E-state index contributed by atoms with van der Waals surface area (Å²) in [6, 6.07) is 1.95. The molecule has 0 bridgehead atoms. The Labute approximate surface area is 230 Å². The Kier molecular flexibility index (Phi) is 8.95. The average Bonchev–Trinajstić information content (AvgIpc) is 3.19. The smallest absolute Gasteiger partial charge is 0.314 e. The minimum absolute atomic E-state index is 0.0374. The van der Waals surface area contributed by atoms with Gasteiger partial charge in [0, 0.05) is 43.7 Å². The van der Waals surface area contributed by atoms with E-state index in [9.17, 15) is 19.2 Å². The van der Waals surface area contributed by atoms with Crippen LogP contribution in [0, 0.1) is 5.92 Å². The summed E-state index contributed by atoms with van der Waals surface area (Å²) in [6.07, 6.45) is 4.44. The summed E-state index contributed by atoms with van der Waals surface area (Å²) in [5.74, 6) is -2.24. The second kappa shape index (κ2) is 12.2. The number of anilines is 1. The quantitative estimate of drug-likeness (QED) is 0.472. The van der Waals surface area contributed by atoms with Gasteiger partial charge in [0.1, 0.15) is 5.82 Å². The molecule has 4 rings (SSSR count).